The Kier molecular flexibility index (Phi) is 4.22. The molecular formula is C9H18N4O. The van der Waals surface area contributed by atoms with Gasteiger partial charge in [0, 0.05) is 13.1 Å². The Hall–Kier alpha value is -1.26. The Morgan fingerprint density at radius 1 is 1.71 bits per heavy atom. The van der Waals surface area contributed by atoms with Crippen molar-refractivity contribution in [1.29, 1.82) is 0 Å². The van der Waals surface area contributed by atoms with E-state index in [9.17, 15) is 4.79 Å². The van der Waals surface area contributed by atoms with Gasteiger partial charge in [-0.1, -0.05) is 6.92 Å². The van der Waals surface area contributed by atoms with E-state index < -0.39 is 0 Å². The molecule has 1 unspecified atom stereocenters. The molecule has 5 nitrogen and oxygen atoms in total. The summed E-state index contributed by atoms with van der Waals surface area (Å²) in [6, 6.07) is -0.231. The zero-order valence-electron chi connectivity index (χ0n) is 8.76. The fourth-order valence-electron chi connectivity index (χ4n) is 1.17. The summed E-state index contributed by atoms with van der Waals surface area (Å²) in [6.07, 6.45) is 0.956. The van der Waals surface area contributed by atoms with E-state index in [2.05, 4.69) is 20.9 Å². The third kappa shape index (κ3) is 3.24. The topological polar surface area (TPSA) is 65.5 Å². The molecule has 14 heavy (non-hydrogen) atoms. The predicted octanol–water partition coefficient (Wildman–Crippen LogP) is -0.550. The second kappa shape index (κ2) is 5.47. The Balaban J connectivity index is 2.25. The number of hydrogen-bond donors (Lipinski definition) is 3. The number of rotatable bonds is 4. The van der Waals surface area contributed by atoms with Crippen molar-refractivity contribution in [3.63, 3.8) is 0 Å². The summed E-state index contributed by atoms with van der Waals surface area (Å²) in [5, 5.41) is 8.89. The number of carbonyl (C=O) groups is 1. The van der Waals surface area contributed by atoms with Crippen molar-refractivity contribution >= 4 is 11.9 Å². The van der Waals surface area contributed by atoms with E-state index >= 15 is 0 Å². The van der Waals surface area contributed by atoms with Crippen molar-refractivity contribution in [3.05, 3.63) is 0 Å². The van der Waals surface area contributed by atoms with E-state index in [1.54, 1.807) is 0 Å². The number of hydrogen-bond acceptors (Lipinski definition) is 4. The van der Waals surface area contributed by atoms with E-state index in [-0.39, 0.29) is 11.9 Å². The van der Waals surface area contributed by atoms with Crippen LogP contribution in [0, 0.1) is 0 Å². The average molecular weight is 198 g/mol. The van der Waals surface area contributed by atoms with Gasteiger partial charge >= 0.3 is 0 Å². The molecule has 0 saturated carbocycles. The van der Waals surface area contributed by atoms with Crippen LogP contribution in [0.1, 0.15) is 20.3 Å². The normalized spacial score (nSPS) is 16.9. The lowest BCUT2D eigenvalue weighted by molar-refractivity contribution is -0.122. The molecule has 0 spiro atoms. The van der Waals surface area contributed by atoms with Crippen molar-refractivity contribution in [1.82, 2.24) is 16.0 Å². The first-order chi connectivity index (χ1) is 6.74. The summed E-state index contributed by atoms with van der Waals surface area (Å²) in [4.78, 5) is 15.6. The zero-order valence-corrected chi connectivity index (χ0v) is 8.76. The van der Waals surface area contributed by atoms with Gasteiger partial charge in [0.2, 0.25) is 5.91 Å². The minimum absolute atomic E-state index is 0.0169. The number of nitrogens with one attached hydrogen (secondary N) is 3. The highest BCUT2D eigenvalue weighted by atomic mass is 16.2. The third-order valence-corrected chi connectivity index (χ3v) is 1.97. The maximum Gasteiger partial charge on any atom is 0.242 e. The maximum atomic E-state index is 11.4. The third-order valence-electron chi connectivity index (χ3n) is 1.97. The van der Waals surface area contributed by atoms with Crippen LogP contribution in [0.4, 0.5) is 0 Å². The van der Waals surface area contributed by atoms with Gasteiger partial charge in [0.1, 0.15) is 6.04 Å². The highest BCUT2D eigenvalue weighted by Crippen LogP contribution is 1.87. The minimum Gasteiger partial charge on any atom is -0.355 e. The first-order valence-electron chi connectivity index (χ1n) is 5.06. The highest BCUT2D eigenvalue weighted by Gasteiger charge is 2.14. The largest absolute Gasteiger partial charge is 0.355 e. The summed E-state index contributed by atoms with van der Waals surface area (Å²) in [5.41, 5.74) is 0. The van der Waals surface area contributed by atoms with Gasteiger partial charge in [0.15, 0.2) is 5.96 Å². The molecule has 0 saturated heterocycles. The molecule has 0 aliphatic carbocycles. The first-order valence-corrected chi connectivity index (χ1v) is 5.06. The number of amides is 1. The van der Waals surface area contributed by atoms with Gasteiger partial charge in [-0.3, -0.25) is 9.79 Å². The first kappa shape index (κ1) is 10.8. The summed E-state index contributed by atoms with van der Waals surface area (Å²) >= 11 is 0. The standard InChI is InChI=1S/C9H18N4O/c1-3-4-10-8(14)7(2)13-9-11-5-6-12-9/h7H,3-6H2,1-2H3,(H,10,14)(H2,11,12,13). The second-order valence-electron chi connectivity index (χ2n) is 3.31. The number of carbonyl (C=O) groups excluding carboxylic acids is 1. The SMILES string of the molecule is CCCNC(=O)C(C)NC1=NCCN1. The Morgan fingerprint density at radius 2 is 2.50 bits per heavy atom. The minimum atomic E-state index is -0.231. The van der Waals surface area contributed by atoms with Gasteiger partial charge in [-0.2, -0.15) is 0 Å². The van der Waals surface area contributed by atoms with Crippen molar-refractivity contribution < 1.29 is 4.79 Å². The van der Waals surface area contributed by atoms with E-state index in [1.165, 1.54) is 0 Å². The molecule has 80 valence electrons. The Bertz CT molecular complexity index is 227. The van der Waals surface area contributed by atoms with Crippen LogP contribution in [0.25, 0.3) is 0 Å². The van der Waals surface area contributed by atoms with E-state index in [4.69, 9.17) is 0 Å². The summed E-state index contributed by atoms with van der Waals surface area (Å²) in [6.45, 7) is 6.22. The summed E-state index contributed by atoms with van der Waals surface area (Å²) in [7, 11) is 0. The van der Waals surface area contributed by atoms with Gasteiger partial charge in [-0.25, -0.2) is 0 Å². The summed E-state index contributed by atoms with van der Waals surface area (Å²) in [5.74, 6) is 0.743. The van der Waals surface area contributed by atoms with Crippen molar-refractivity contribution in [2.75, 3.05) is 19.6 Å². The molecule has 0 radical (unpaired) electrons. The predicted molar refractivity (Wildman–Crippen MR) is 56.2 cm³/mol. The van der Waals surface area contributed by atoms with Gasteiger partial charge in [-0.15, -0.1) is 0 Å². The van der Waals surface area contributed by atoms with Crippen LogP contribution in [-0.4, -0.2) is 37.5 Å². The molecule has 1 rings (SSSR count). The fraction of sp³-hybridized carbons (Fsp3) is 0.778. The quantitative estimate of drug-likeness (QED) is 0.568. The van der Waals surface area contributed by atoms with Crippen LogP contribution in [0.3, 0.4) is 0 Å². The molecule has 0 fully saturated rings. The van der Waals surface area contributed by atoms with Crippen LogP contribution in [0.5, 0.6) is 0 Å². The van der Waals surface area contributed by atoms with Crippen molar-refractivity contribution in [2.45, 2.75) is 26.3 Å². The van der Waals surface area contributed by atoms with Crippen LogP contribution in [-0.2, 0) is 4.79 Å². The molecule has 1 amide bonds. The smallest absolute Gasteiger partial charge is 0.242 e. The molecule has 1 aliphatic rings. The summed E-state index contributed by atoms with van der Waals surface area (Å²) < 4.78 is 0. The second-order valence-corrected chi connectivity index (χ2v) is 3.31. The Labute approximate surface area is 84.4 Å². The fourth-order valence-corrected chi connectivity index (χ4v) is 1.17. The number of nitrogens with zero attached hydrogens (tertiary/aromatic N) is 1. The van der Waals surface area contributed by atoms with Crippen LogP contribution >= 0.6 is 0 Å². The molecule has 1 heterocycles. The highest BCUT2D eigenvalue weighted by molar-refractivity contribution is 5.89. The molecule has 5 heteroatoms. The molecule has 0 aromatic rings. The Morgan fingerprint density at radius 3 is 3.07 bits per heavy atom. The van der Waals surface area contributed by atoms with Crippen LogP contribution in [0.15, 0.2) is 4.99 Å². The average Bonchev–Trinajstić information content (AvgIpc) is 2.66. The van der Waals surface area contributed by atoms with Crippen LogP contribution in [0.2, 0.25) is 0 Å². The molecule has 0 aromatic heterocycles. The van der Waals surface area contributed by atoms with Crippen LogP contribution < -0.4 is 16.0 Å². The molecule has 0 bridgehead atoms. The van der Waals surface area contributed by atoms with Gasteiger partial charge in [-0.05, 0) is 13.3 Å². The zero-order chi connectivity index (χ0) is 10.4. The molecule has 1 aliphatic heterocycles. The lowest BCUT2D eigenvalue weighted by Crippen LogP contribution is -2.48. The number of guanidine groups is 1. The lowest BCUT2D eigenvalue weighted by atomic mass is 10.3. The van der Waals surface area contributed by atoms with Gasteiger partial charge < -0.3 is 16.0 Å². The van der Waals surface area contributed by atoms with Crippen molar-refractivity contribution in [2.24, 2.45) is 4.99 Å². The maximum absolute atomic E-state index is 11.4. The molecular weight excluding hydrogens is 180 g/mol. The van der Waals surface area contributed by atoms with E-state index in [1.807, 2.05) is 13.8 Å². The number of aliphatic imine (C=N–C) groups is 1. The van der Waals surface area contributed by atoms with Gasteiger partial charge in [0.05, 0.1) is 6.54 Å². The van der Waals surface area contributed by atoms with Crippen molar-refractivity contribution in [3.8, 4) is 0 Å². The molecule has 0 aromatic carbocycles. The van der Waals surface area contributed by atoms with E-state index in [0.717, 1.165) is 32.0 Å². The monoisotopic (exact) mass is 198 g/mol. The molecule has 3 N–H and O–H groups in total. The van der Waals surface area contributed by atoms with Gasteiger partial charge in [0.25, 0.3) is 0 Å². The molecule has 1 atom stereocenters. The van der Waals surface area contributed by atoms with E-state index in [0.29, 0.717) is 0 Å². The lowest BCUT2D eigenvalue weighted by Gasteiger charge is -2.14.